The minimum absolute atomic E-state index is 0.0687. The molecule has 1 saturated carbocycles. The van der Waals surface area contributed by atoms with E-state index in [9.17, 15) is 9.59 Å². The minimum Gasteiger partial charge on any atom is -0.344 e. The molecule has 1 aliphatic carbocycles. The van der Waals surface area contributed by atoms with Crippen molar-refractivity contribution >= 4 is 22.8 Å². The highest BCUT2D eigenvalue weighted by molar-refractivity contribution is 5.83. The van der Waals surface area contributed by atoms with Crippen LogP contribution >= 0.6 is 0 Å². The Hall–Kier alpha value is -2.37. The number of likely N-dealkylation sites (tertiary alicyclic amines) is 1. The largest absolute Gasteiger partial charge is 0.344 e. The summed E-state index contributed by atoms with van der Waals surface area (Å²) in [5.74, 6) is 1.27. The van der Waals surface area contributed by atoms with E-state index in [-0.39, 0.29) is 24.3 Å². The second kappa shape index (κ2) is 7.33. The molecule has 1 unspecified atom stereocenters. The van der Waals surface area contributed by atoms with Gasteiger partial charge >= 0.3 is 0 Å². The van der Waals surface area contributed by atoms with Crippen LogP contribution in [0.1, 0.15) is 50.8 Å². The highest BCUT2D eigenvalue weighted by Gasteiger charge is 2.41. The van der Waals surface area contributed by atoms with Gasteiger partial charge in [0.1, 0.15) is 12.4 Å². The van der Waals surface area contributed by atoms with Gasteiger partial charge in [-0.15, -0.1) is 0 Å². The molecule has 6 nitrogen and oxygen atoms in total. The summed E-state index contributed by atoms with van der Waals surface area (Å²) >= 11 is 0. The molecule has 2 aromatic rings. The molecule has 2 amide bonds. The van der Waals surface area contributed by atoms with Gasteiger partial charge in [-0.1, -0.05) is 25.5 Å². The van der Waals surface area contributed by atoms with Crippen molar-refractivity contribution in [2.24, 2.45) is 0 Å². The van der Waals surface area contributed by atoms with Crippen molar-refractivity contribution < 1.29 is 9.59 Å². The Morgan fingerprint density at radius 1 is 1.30 bits per heavy atom. The third-order valence-corrected chi connectivity index (χ3v) is 5.76. The fourth-order valence-electron chi connectivity index (χ4n) is 3.99. The fraction of sp³-hybridized carbons (Fsp3) is 0.571. The van der Waals surface area contributed by atoms with Gasteiger partial charge in [0.2, 0.25) is 11.8 Å². The molecule has 144 valence electrons. The summed E-state index contributed by atoms with van der Waals surface area (Å²) in [6.07, 6.45) is 4.82. The minimum atomic E-state index is 0.0687. The average molecular weight is 368 g/mol. The number of hydrogen-bond acceptors (Lipinski definition) is 3. The molecule has 2 heterocycles. The van der Waals surface area contributed by atoms with E-state index in [1.807, 2.05) is 40.8 Å². The lowest BCUT2D eigenvalue weighted by molar-refractivity contribution is -0.130. The Balaban J connectivity index is 1.62. The predicted molar refractivity (Wildman–Crippen MR) is 104 cm³/mol. The maximum atomic E-state index is 12.8. The first-order valence-corrected chi connectivity index (χ1v) is 10.1. The predicted octanol–water partition coefficient (Wildman–Crippen LogP) is 2.77. The van der Waals surface area contributed by atoms with Crippen molar-refractivity contribution in [3.63, 3.8) is 0 Å². The summed E-state index contributed by atoms with van der Waals surface area (Å²) in [6, 6.07) is 8.37. The third-order valence-electron chi connectivity index (χ3n) is 5.76. The number of carbonyl (C=O) groups is 2. The lowest BCUT2D eigenvalue weighted by Crippen LogP contribution is -2.32. The lowest BCUT2D eigenvalue weighted by Gasteiger charge is -2.20. The van der Waals surface area contributed by atoms with Crippen LogP contribution in [0.4, 0.5) is 0 Å². The maximum Gasteiger partial charge on any atom is 0.242 e. The molecular weight excluding hydrogens is 340 g/mol. The number of amides is 2. The SMILES string of the molecule is CCCCN(C)C(=O)Cn1c(C2CC(=O)N(C3CC3)C2)nc2ccccc21. The van der Waals surface area contributed by atoms with E-state index in [4.69, 9.17) is 4.98 Å². The zero-order chi connectivity index (χ0) is 19.0. The van der Waals surface area contributed by atoms with E-state index in [2.05, 4.69) is 6.92 Å². The van der Waals surface area contributed by atoms with Crippen LogP contribution in [0.15, 0.2) is 24.3 Å². The molecule has 0 radical (unpaired) electrons. The number of fused-ring (bicyclic) bond motifs is 1. The summed E-state index contributed by atoms with van der Waals surface area (Å²) in [4.78, 5) is 33.9. The van der Waals surface area contributed by atoms with Gasteiger partial charge in [0, 0.05) is 38.5 Å². The van der Waals surface area contributed by atoms with Crippen molar-refractivity contribution in [3.05, 3.63) is 30.1 Å². The molecule has 2 aliphatic rings. The van der Waals surface area contributed by atoms with Gasteiger partial charge in [0.15, 0.2) is 0 Å². The second-order valence-corrected chi connectivity index (χ2v) is 7.89. The standard InChI is InChI=1S/C21H28N4O2/c1-3-4-11-23(2)20(27)14-25-18-8-6-5-7-17(18)22-21(25)15-12-19(26)24(13-15)16-9-10-16/h5-8,15-16H,3-4,9-14H2,1-2H3. The van der Waals surface area contributed by atoms with Crippen LogP contribution in [-0.2, 0) is 16.1 Å². The van der Waals surface area contributed by atoms with E-state index >= 15 is 0 Å². The maximum absolute atomic E-state index is 12.8. The molecule has 1 saturated heterocycles. The molecule has 2 fully saturated rings. The van der Waals surface area contributed by atoms with E-state index < -0.39 is 0 Å². The van der Waals surface area contributed by atoms with Gasteiger partial charge in [0.25, 0.3) is 0 Å². The number of imidazole rings is 1. The monoisotopic (exact) mass is 368 g/mol. The topological polar surface area (TPSA) is 58.4 Å². The summed E-state index contributed by atoms with van der Waals surface area (Å²) < 4.78 is 2.04. The van der Waals surface area contributed by atoms with E-state index in [1.54, 1.807) is 4.90 Å². The smallest absolute Gasteiger partial charge is 0.242 e. The summed E-state index contributed by atoms with van der Waals surface area (Å²) in [6.45, 7) is 3.91. The number of benzene rings is 1. The average Bonchev–Trinajstić information content (AvgIpc) is 3.35. The zero-order valence-corrected chi connectivity index (χ0v) is 16.2. The van der Waals surface area contributed by atoms with Gasteiger partial charge in [0.05, 0.1) is 11.0 Å². The third kappa shape index (κ3) is 3.57. The number of nitrogens with zero attached hydrogens (tertiary/aromatic N) is 4. The van der Waals surface area contributed by atoms with Gasteiger partial charge in [-0.3, -0.25) is 9.59 Å². The van der Waals surface area contributed by atoms with Crippen molar-refractivity contribution in [2.75, 3.05) is 20.1 Å². The number of hydrogen-bond donors (Lipinski definition) is 0. The normalized spacial score (nSPS) is 19.9. The molecule has 6 heteroatoms. The highest BCUT2D eigenvalue weighted by Crippen LogP contribution is 2.37. The molecular formula is C21H28N4O2. The van der Waals surface area contributed by atoms with Gasteiger partial charge < -0.3 is 14.4 Å². The van der Waals surface area contributed by atoms with E-state index in [1.165, 1.54) is 0 Å². The van der Waals surface area contributed by atoms with Crippen LogP contribution < -0.4 is 0 Å². The van der Waals surface area contributed by atoms with Gasteiger partial charge in [-0.05, 0) is 31.4 Å². The molecule has 1 aromatic heterocycles. The first kappa shape index (κ1) is 18.0. The van der Waals surface area contributed by atoms with Crippen molar-refractivity contribution in [1.82, 2.24) is 19.4 Å². The summed E-state index contributed by atoms with van der Waals surface area (Å²) in [7, 11) is 1.87. The first-order valence-electron chi connectivity index (χ1n) is 10.1. The number of carbonyl (C=O) groups excluding carboxylic acids is 2. The molecule has 1 atom stereocenters. The molecule has 27 heavy (non-hydrogen) atoms. The Morgan fingerprint density at radius 2 is 2.07 bits per heavy atom. The number of para-hydroxylation sites is 2. The quantitative estimate of drug-likeness (QED) is 0.755. The molecule has 0 N–H and O–H groups in total. The number of aromatic nitrogens is 2. The van der Waals surface area contributed by atoms with Crippen LogP contribution in [0.3, 0.4) is 0 Å². The second-order valence-electron chi connectivity index (χ2n) is 7.89. The van der Waals surface area contributed by atoms with Crippen LogP contribution in [0.2, 0.25) is 0 Å². The lowest BCUT2D eigenvalue weighted by atomic mass is 10.1. The summed E-state index contributed by atoms with van der Waals surface area (Å²) in [5, 5.41) is 0. The number of unbranched alkanes of at least 4 members (excludes halogenated alkanes) is 1. The number of likely N-dealkylation sites (N-methyl/N-ethyl adjacent to an activating group) is 1. The molecule has 1 aromatic carbocycles. The Bertz CT molecular complexity index is 855. The van der Waals surface area contributed by atoms with E-state index in [0.29, 0.717) is 12.5 Å². The van der Waals surface area contributed by atoms with Gasteiger partial charge in [-0.25, -0.2) is 4.98 Å². The van der Waals surface area contributed by atoms with Crippen LogP contribution in [0, 0.1) is 0 Å². The fourth-order valence-corrected chi connectivity index (χ4v) is 3.99. The Morgan fingerprint density at radius 3 is 2.81 bits per heavy atom. The van der Waals surface area contributed by atoms with Crippen molar-refractivity contribution in [1.29, 1.82) is 0 Å². The Kier molecular flexibility index (Phi) is 4.89. The van der Waals surface area contributed by atoms with Crippen LogP contribution in [0.5, 0.6) is 0 Å². The first-order chi connectivity index (χ1) is 13.1. The Labute approximate surface area is 160 Å². The highest BCUT2D eigenvalue weighted by atomic mass is 16.2. The molecule has 1 aliphatic heterocycles. The number of rotatable bonds is 7. The van der Waals surface area contributed by atoms with Gasteiger partial charge in [-0.2, -0.15) is 0 Å². The zero-order valence-electron chi connectivity index (χ0n) is 16.2. The van der Waals surface area contributed by atoms with Crippen LogP contribution in [0.25, 0.3) is 11.0 Å². The summed E-state index contributed by atoms with van der Waals surface area (Å²) in [5.41, 5.74) is 1.87. The van der Waals surface area contributed by atoms with E-state index in [0.717, 1.165) is 55.6 Å². The molecule has 4 rings (SSSR count). The molecule has 0 spiro atoms. The van der Waals surface area contributed by atoms with Crippen LogP contribution in [-0.4, -0.2) is 57.3 Å². The van der Waals surface area contributed by atoms with Crippen molar-refractivity contribution in [3.8, 4) is 0 Å². The molecule has 0 bridgehead atoms. The van der Waals surface area contributed by atoms with Crippen molar-refractivity contribution in [2.45, 2.75) is 57.5 Å².